The topological polar surface area (TPSA) is 52.6 Å². The standard InChI is InChI=1S/C13H22N2O2/c1-15(10-4-5-10)11-6-7-13(8-11,12(16)17)14-9-2-3-9/h9-11,14H,2-8H2,1H3,(H,16,17). The summed E-state index contributed by atoms with van der Waals surface area (Å²) in [6, 6.07) is 1.66. The average molecular weight is 238 g/mol. The molecule has 3 saturated carbocycles. The second-order valence-electron chi connectivity index (χ2n) is 6.10. The first-order chi connectivity index (χ1) is 8.11. The van der Waals surface area contributed by atoms with Crippen LogP contribution in [0, 0.1) is 0 Å². The zero-order valence-electron chi connectivity index (χ0n) is 10.5. The van der Waals surface area contributed by atoms with Crippen molar-refractivity contribution < 1.29 is 9.90 Å². The third-order valence-corrected chi connectivity index (χ3v) is 4.65. The van der Waals surface area contributed by atoms with Crippen LogP contribution in [0.1, 0.15) is 44.9 Å². The van der Waals surface area contributed by atoms with Gasteiger partial charge in [-0.05, 0) is 52.0 Å². The van der Waals surface area contributed by atoms with Crippen LogP contribution in [0.4, 0.5) is 0 Å². The Kier molecular flexibility index (Phi) is 2.67. The first kappa shape index (κ1) is 11.5. The molecule has 0 saturated heterocycles. The summed E-state index contributed by atoms with van der Waals surface area (Å²) in [5.41, 5.74) is -0.630. The van der Waals surface area contributed by atoms with Gasteiger partial charge in [0.15, 0.2) is 0 Å². The number of hydrogen-bond donors (Lipinski definition) is 2. The summed E-state index contributed by atoms with van der Waals surface area (Å²) in [7, 11) is 2.16. The van der Waals surface area contributed by atoms with E-state index in [-0.39, 0.29) is 0 Å². The zero-order chi connectivity index (χ0) is 12.0. The highest BCUT2D eigenvalue weighted by atomic mass is 16.4. The molecule has 2 unspecified atom stereocenters. The van der Waals surface area contributed by atoms with E-state index in [1.165, 1.54) is 12.8 Å². The molecule has 0 aromatic rings. The summed E-state index contributed by atoms with van der Waals surface area (Å²) < 4.78 is 0. The van der Waals surface area contributed by atoms with Gasteiger partial charge in [-0.15, -0.1) is 0 Å². The van der Waals surface area contributed by atoms with Gasteiger partial charge in [-0.25, -0.2) is 0 Å². The van der Waals surface area contributed by atoms with Crippen LogP contribution in [0.15, 0.2) is 0 Å². The number of nitrogens with one attached hydrogen (secondary N) is 1. The summed E-state index contributed by atoms with van der Waals surface area (Å²) in [5.74, 6) is -0.643. The quantitative estimate of drug-likeness (QED) is 0.756. The molecule has 0 bridgehead atoms. The van der Waals surface area contributed by atoms with Crippen LogP contribution in [0.3, 0.4) is 0 Å². The fourth-order valence-electron chi connectivity index (χ4n) is 3.15. The minimum absolute atomic E-state index is 0.463. The van der Waals surface area contributed by atoms with Crippen molar-refractivity contribution >= 4 is 5.97 Å². The van der Waals surface area contributed by atoms with Gasteiger partial charge in [-0.2, -0.15) is 0 Å². The highest BCUT2D eigenvalue weighted by molar-refractivity contribution is 5.79. The Morgan fingerprint density at radius 2 is 1.94 bits per heavy atom. The molecule has 0 aromatic carbocycles. The molecule has 4 heteroatoms. The van der Waals surface area contributed by atoms with E-state index in [1.54, 1.807) is 0 Å². The van der Waals surface area contributed by atoms with Gasteiger partial charge in [0.1, 0.15) is 5.54 Å². The predicted octanol–water partition coefficient (Wildman–Crippen LogP) is 1.21. The first-order valence-electron chi connectivity index (χ1n) is 6.84. The second-order valence-corrected chi connectivity index (χ2v) is 6.10. The maximum atomic E-state index is 11.6. The number of carboxylic acid groups (broad SMARTS) is 1. The monoisotopic (exact) mass is 238 g/mol. The summed E-state index contributed by atoms with van der Waals surface area (Å²) in [6.07, 6.45) is 7.49. The lowest BCUT2D eigenvalue weighted by atomic mass is 9.97. The zero-order valence-corrected chi connectivity index (χ0v) is 10.5. The second kappa shape index (κ2) is 3.95. The van der Waals surface area contributed by atoms with Crippen molar-refractivity contribution in [1.29, 1.82) is 0 Å². The van der Waals surface area contributed by atoms with E-state index < -0.39 is 11.5 Å². The number of nitrogens with zero attached hydrogens (tertiary/aromatic N) is 1. The Morgan fingerprint density at radius 3 is 2.47 bits per heavy atom. The number of carboxylic acids is 1. The largest absolute Gasteiger partial charge is 0.480 e. The van der Waals surface area contributed by atoms with Crippen molar-refractivity contribution in [3.05, 3.63) is 0 Å². The van der Waals surface area contributed by atoms with E-state index in [4.69, 9.17) is 0 Å². The number of rotatable bonds is 5. The van der Waals surface area contributed by atoms with E-state index in [0.717, 1.165) is 38.1 Å². The summed E-state index contributed by atoms with van der Waals surface area (Å²) in [6.45, 7) is 0. The summed E-state index contributed by atoms with van der Waals surface area (Å²) >= 11 is 0. The molecule has 0 heterocycles. The van der Waals surface area contributed by atoms with Crippen LogP contribution in [-0.2, 0) is 4.79 Å². The molecule has 4 nitrogen and oxygen atoms in total. The van der Waals surface area contributed by atoms with Gasteiger partial charge in [0.05, 0.1) is 0 Å². The minimum Gasteiger partial charge on any atom is -0.480 e. The fraction of sp³-hybridized carbons (Fsp3) is 0.923. The molecule has 3 aliphatic rings. The SMILES string of the molecule is CN(C1CC1)C1CCC(NC2CC2)(C(=O)O)C1. The van der Waals surface area contributed by atoms with Gasteiger partial charge in [0.25, 0.3) is 0 Å². The molecule has 17 heavy (non-hydrogen) atoms. The van der Waals surface area contributed by atoms with Crippen molar-refractivity contribution in [1.82, 2.24) is 10.2 Å². The molecule has 0 aromatic heterocycles. The van der Waals surface area contributed by atoms with E-state index in [2.05, 4.69) is 17.3 Å². The molecular weight excluding hydrogens is 216 g/mol. The lowest BCUT2D eigenvalue weighted by Crippen LogP contribution is -2.52. The third kappa shape index (κ3) is 2.20. The van der Waals surface area contributed by atoms with Crippen LogP contribution >= 0.6 is 0 Å². The van der Waals surface area contributed by atoms with Crippen molar-refractivity contribution in [2.45, 2.75) is 68.6 Å². The van der Waals surface area contributed by atoms with E-state index in [0.29, 0.717) is 12.1 Å². The van der Waals surface area contributed by atoms with Crippen LogP contribution < -0.4 is 5.32 Å². The summed E-state index contributed by atoms with van der Waals surface area (Å²) in [5, 5.41) is 12.9. The smallest absolute Gasteiger partial charge is 0.323 e. The number of aliphatic carboxylic acids is 1. The molecule has 0 radical (unpaired) electrons. The molecule has 2 atom stereocenters. The fourth-order valence-corrected chi connectivity index (χ4v) is 3.15. The van der Waals surface area contributed by atoms with Crippen LogP contribution in [0.25, 0.3) is 0 Å². The lowest BCUT2D eigenvalue weighted by molar-refractivity contribution is -0.145. The van der Waals surface area contributed by atoms with Gasteiger partial charge in [0.2, 0.25) is 0 Å². The van der Waals surface area contributed by atoms with E-state index in [9.17, 15) is 9.90 Å². The molecule has 2 N–H and O–H groups in total. The predicted molar refractivity (Wildman–Crippen MR) is 64.9 cm³/mol. The molecule has 3 rings (SSSR count). The average Bonchev–Trinajstić information content (AvgIpc) is 3.17. The molecule has 96 valence electrons. The Labute approximate surface area is 102 Å². The van der Waals surface area contributed by atoms with Gasteiger partial charge < -0.3 is 10.0 Å². The van der Waals surface area contributed by atoms with Crippen LogP contribution in [-0.4, -0.2) is 46.7 Å². The molecule has 0 aliphatic heterocycles. The van der Waals surface area contributed by atoms with Crippen LogP contribution in [0.5, 0.6) is 0 Å². The summed E-state index contributed by atoms with van der Waals surface area (Å²) in [4.78, 5) is 14.0. The highest BCUT2D eigenvalue weighted by Gasteiger charge is 2.50. The Bertz CT molecular complexity index is 325. The van der Waals surface area contributed by atoms with Gasteiger partial charge >= 0.3 is 5.97 Å². The van der Waals surface area contributed by atoms with Gasteiger partial charge in [-0.1, -0.05) is 0 Å². The maximum Gasteiger partial charge on any atom is 0.323 e. The van der Waals surface area contributed by atoms with Crippen LogP contribution in [0.2, 0.25) is 0 Å². The van der Waals surface area contributed by atoms with Crippen molar-refractivity contribution in [2.24, 2.45) is 0 Å². The molecule has 0 amide bonds. The maximum absolute atomic E-state index is 11.6. The lowest BCUT2D eigenvalue weighted by Gasteiger charge is -2.29. The number of hydrogen-bond acceptors (Lipinski definition) is 3. The van der Waals surface area contributed by atoms with Crippen molar-refractivity contribution in [3.8, 4) is 0 Å². The number of carbonyl (C=O) groups is 1. The van der Waals surface area contributed by atoms with E-state index >= 15 is 0 Å². The van der Waals surface area contributed by atoms with Gasteiger partial charge in [0, 0.05) is 18.1 Å². The molecule has 0 spiro atoms. The minimum atomic E-state index is -0.643. The van der Waals surface area contributed by atoms with Crippen molar-refractivity contribution in [2.75, 3.05) is 7.05 Å². The Hall–Kier alpha value is -0.610. The normalized spacial score (nSPS) is 37.6. The molecular formula is C13H22N2O2. The van der Waals surface area contributed by atoms with E-state index in [1.807, 2.05) is 0 Å². The molecule has 3 fully saturated rings. The molecule has 3 aliphatic carbocycles. The Morgan fingerprint density at radius 1 is 1.24 bits per heavy atom. The Balaban J connectivity index is 1.66. The highest BCUT2D eigenvalue weighted by Crippen LogP contribution is 2.39. The van der Waals surface area contributed by atoms with Gasteiger partial charge in [-0.3, -0.25) is 10.1 Å². The first-order valence-corrected chi connectivity index (χ1v) is 6.84. The third-order valence-electron chi connectivity index (χ3n) is 4.65. The van der Waals surface area contributed by atoms with Crippen molar-refractivity contribution in [3.63, 3.8) is 0 Å².